The highest BCUT2D eigenvalue weighted by Gasteiger charge is 2.25. The lowest BCUT2D eigenvalue weighted by molar-refractivity contribution is 0.0713. The Kier molecular flexibility index (Phi) is 4.81. The van der Waals surface area contributed by atoms with Crippen molar-refractivity contribution in [1.82, 2.24) is 29.5 Å². The molecule has 1 amide bonds. The maximum atomic E-state index is 13.2. The first-order valence-corrected chi connectivity index (χ1v) is 10.7. The Bertz CT molecular complexity index is 1260. The summed E-state index contributed by atoms with van der Waals surface area (Å²) in [7, 11) is 0. The Hall–Kier alpha value is -3.48. The summed E-state index contributed by atoms with van der Waals surface area (Å²) in [5.41, 5.74) is 6.99. The van der Waals surface area contributed by atoms with E-state index in [1.165, 1.54) is 5.56 Å². The number of aromatic nitrogens is 5. The second kappa shape index (κ2) is 7.65. The van der Waals surface area contributed by atoms with E-state index in [0.29, 0.717) is 5.92 Å². The number of hydrogen-bond donors (Lipinski definition) is 1. The maximum absolute atomic E-state index is 13.2. The number of benzene rings is 1. The number of nitrogens with one attached hydrogen (secondary N) is 1. The predicted octanol–water partition coefficient (Wildman–Crippen LogP) is 4.06. The van der Waals surface area contributed by atoms with Crippen LogP contribution in [-0.2, 0) is 0 Å². The van der Waals surface area contributed by atoms with Crippen LogP contribution in [0.1, 0.15) is 51.8 Å². The first-order valence-electron chi connectivity index (χ1n) is 10.7. The van der Waals surface area contributed by atoms with Gasteiger partial charge in [0.15, 0.2) is 5.65 Å². The van der Waals surface area contributed by atoms with Crippen LogP contribution in [0.3, 0.4) is 0 Å². The summed E-state index contributed by atoms with van der Waals surface area (Å²) in [5.74, 6) is 1.43. The van der Waals surface area contributed by atoms with Crippen LogP contribution in [0.2, 0.25) is 0 Å². The summed E-state index contributed by atoms with van der Waals surface area (Å²) in [6, 6.07) is 10.1. The summed E-state index contributed by atoms with van der Waals surface area (Å²) in [4.78, 5) is 23.0. The average molecular weight is 415 g/mol. The van der Waals surface area contributed by atoms with Crippen LogP contribution in [0.4, 0.5) is 0 Å². The minimum atomic E-state index is 0.0999. The normalized spacial score (nSPS) is 15.0. The van der Waals surface area contributed by atoms with Crippen molar-refractivity contribution >= 4 is 11.6 Å². The van der Waals surface area contributed by atoms with Gasteiger partial charge in [-0.15, -0.1) is 10.2 Å². The highest BCUT2D eigenvalue weighted by atomic mass is 16.2. The zero-order valence-corrected chi connectivity index (χ0v) is 18.1. The molecular weight excluding hydrogens is 388 g/mol. The van der Waals surface area contributed by atoms with Gasteiger partial charge in [-0.05, 0) is 68.9 Å². The molecule has 0 spiro atoms. The molecule has 0 saturated carbocycles. The second-order valence-electron chi connectivity index (χ2n) is 8.44. The first-order chi connectivity index (χ1) is 15.0. The highest BCUT2D eigenvalue weighted by molar-refractivity contribution is 5.95. The number of rotatable bonds is 3. The summed E-state index contributed by atoms with van der Waals surface area (Å²) in [6.45, 7) is 7.53. The third-order valence-electron chi connectivity index (χ3n) is 6.32. The average Bonchev–Trinajstić information content (AvgIpc) is 3.38. The fourth-order valence-electron chi connectivity index (χ4n) is 4.58. The number of nitrogens with zero attached hydrogens (tertiary/aromatic N) is 5. The number of piperidine rings is 1. The zero-order valence-electron chi connectivity index (χ0n) is 18.1. The lowest BCUT2D eigenvalue weighted by atomic mass is 9.90. The summed E-state index contributed by atoms with van der Waals surface area (Å²) >= 11 is 0. The molecule has 7 heteroatoms. The largest absolute Gasteiger partial charge is 0.342 e. The van der Waals surface area contributed by atoms with Crippen molar-refractivity contribution in [3.05, 3.63) is 71.1 Å². The molecule has 31 heavy (non-hydrogen) atoms. The molecule has 4 aromatic rings. The molecule has 0 atom stereocenters. The summed E-state index contributed by atoms with van der Waals surface area (Å²) in [5, 5.41) is 8.02. The molecular formula is C24H26N6O. The van der Waals surface area contributed by atoms with Crippen LogP contribution in [-0.4, -0.2) is 48.5 Å². The fourth-order valence-corrected chi connectivity index (χ4v) is 4.58. The Balaban J connectivity index is 1.32. The van der Waals surface area contributed by atoms with Crippen LogP contribution in [0, 0.1) is 20.8 Å². The molecule has 0 radical (unpaired) electrons. The summed E-state index contributed by atoms with van der Waals surface area (Å²) < 4.78 is 1.96. The van der Waals surface area contributed by atoms with Gasteiger partial charge in [-0.1, -0.05) is 12.1 Å². The van der Waals surface area contributed by atoms with Crippen molar-refractivity contribution in [1.29, 1.82) is 0 Å². The van der Waals surface area contributed by atoms with E-state index in [-0.39, 0.29) is 5.91 Å². The maximum Gasteiger partial charge on any atom is 0.253 e. The van der Waals surface area contributed by atoms with Crippen LogP contribution in [0.25, 0.3) is 16.9 Å². The van der Waals surface area contributed by atoms with Crippen molar-refractivity contribution < 1.29 is 4.79 Å². The van der Waals surface area contributed by atoms with Gasteiger partial charge in [-0.2, -0.15) is 0 Å². The van der Waals surface area contributed by atoms with E-state index < -0.39 is 0 Å². The van der Waals surface area contributed by atoms with E-state index in [2.05, 4.69) is 39.4 Å². The van der Waals surface area contributed by atoms with E-state index in [1.54, 1.807) is 6.33 Å². The number of H-pyrrole nitrogens is 1. The van der Waals surface area contributed by atoms with Crippen LogP contribution >= 0.6 is 0 Å². The van der Waals surface area contributed by atoms with Crippen LogP contribution in [0.15, 0.2) is 42.9 Å². The van der Waals surface area contributed by atoms with Crippen molar-refractivity contribution in [3.63, 3.8) is 0 Å². The van der Waals surface area contributed by atoms with Gasteiger partial charge in [0.2, 0.25) is 0 Å². The molecule has 7 nitrogen and oxygen atoms in total. The molecule has 1 fully saturated rings. The second-order valence-corrected chi connectivity index (χ2v) is 8.44. The molecule has 5 rings (SSSR count). The van der Waals surface area contributed by atoms with Crippen molar-refractivity contribution in [2.45, 2.75) is 39.5 Å². The molecule has 158 valence electrons. The number of hydrogen-bond acceptors (Lipinski definition) is 4. The third-order valence-corrected chi connectivity index (χ3v) is 6.32. The number of carbonyl (C=O) groups excluding carboxylic acids is 1. The molecule has 0 bridgehead atoms. The van der Waals surface area contributed by atoms with Gasteiger partial charge in [-0.3, -0.25) is 9.20 Å². The van der Waals surface area contributed by atoms with Crippen molar-refractivity contribution in [2.75, 3.05) is 13.1 Å². The standard InChI is InChI=1S/C24H26N6O/c1-15-4-5-19(12-21(15)23-16(2)26-17(3)27-23)24(31)29-10-8-18(9-11-29)20-6-7-22-28-25-14-30(22)13-20/h4-7,12-14,18H,8-11H2,1-3H3,(H,26,27). The van der Waals surface area contributed by atoms with Gasteiger partial charge < -0.3 is 9.88 Å². The minimum Gasteiger partial charge on any atom is -0.342 e. The number of pyridine rings is 1. The smallest absolute Gasteiger partial charge is 0.253 e. The van der Waals surface area contributed by atoms with E-state index in [1.807, 2.05) is 47.4 Å². The van der Waals surface area contributed by atoms with Gasteiger partial charge in [0.25, 0.3) is 5.91 Å². The Labute approximate surface area is 181 Å². The lowest BCUT2D eigenvalue weighted by Gasteiger charge is -2.32. The number of fused-ring (bicyclic) bond motifs is 1. The van der Waals surface area contributed by atoms with Gasteiger partial charge in [-0.25, -0.2) is 4.98 Å². The molecule has 1 aromatic carbocycles. The monoisotopic (exact) mass is 414 g/mol. The quantitative estimate of drug-likeness (QED) is 0.548. The Morgan fingerprint density at radius 3 is 2.65 bits per heavy atom. The van der Waals surface area contributed by atoms with Crippen molar-refractivity contribution in [3.8, 4) is 11.3 Å². The number of amides is 1. The lowest BCUT2D eigenvalue weighted by Crippen LogP contribution is -2.38. The first kappa shape index (κ1) is 19.5. The van der Waals surface area contributed by atoms with Gasteiger partial charge >= 0.3 is 0 Å². The summed E-state index contributed by atoms with van der Waals surface area (Å²) in [6.07, 6.45) is 5.75. The zero-order chi connectivity index (χ0) is 21.5. The van der Waals surface area contributed by atoms with Crippen molar-refractivity contribution in [2.24, 2.45) is 0 Å². The fraction of sp³-hybridized carbons (Fsp3) is 0.333. The van der Waals surface area contributed by atoms with E-state index in [4.69, 9.17) is 0 Å². The topological polar surface area (TPSA) is 79.2 Å². The molecule has 1 saturated heterocycles. The van der Waals surface area contributed by atoms with Gasteiger partial charge in [0.1, 0.15) is 12.2 Å². The molecule has 0 aliphatic carbocycles. The molecule has 1 N–H and O–H groups in total. The van der Waals surface area contributed by atoms with Crippen LogP contribution < -0.4 is 0 Å². The Morgan fingerprint density at radius 1 is 1.10 bits per heavy atom. The number of carbonyl (C=O) groups is 1. The highest BCUT2D eigenvalue weighted by Crippen LogP contribution is 2.30. The van der Waals surface area contributed by atoms with Gasteiger partial charge in [0, 0.05) is 30.4 Å². The molecule has 4 heterocycles. The number of likely N-dealkylation sites (tertiary alicyclic amines) is 1. The number of aromatic amines is 1. The van der Waals surface area contributed by atoms with Crippen LogP contribution in [0.5, 0.6) is 0 Å². The molecule has 1 aliphatic heterocycles. The molecule has 0 unspecified atom stereocenters. The number of aryl methyl sites for hydroxylation is 3. The van der Waals surface area contributed by atoms with E-state index >= 15 is 0 Å². The molecule has 1 aliphatic rings. The van der Waals surface area contributed by atoms with E-state index in [0.717, 1.165) is 65.5 Å². The van der Waals surface area contributed by atoms with E-state index in [9.17, 15) is 4.79 Å². The van der Waals surface area contributed by atoms with Gasteiger partial charge in [0.05, 0.1) is 11.4 Å². The molecule has 3 aromatic heterocycles. The number of imidazole rings is 1. The minimum absolute atomic E-state index is 0.0999. The third kappa shape index (κ3) is 3.60. The predicted molar refractivity (Wildman–Crippen MR) is 119 cm³/mol. The Morgan fingerprint density at radius 2 is 1.90 bits per heavy atom. The SMILES string of the molecule is Cc1nc(C)c(-c2cc(C(=O)N3CCC(c4ccc5nncn5c4)CC3)ccc2C)[nH]1.